The molecule has 0 aliphatic heterocycles. The average Bonchev–Trinajstić information content (AvgIpc) is 3.47. The van der Waals surface area contributed by atoms with Crippen molar-refractivity contribution >= 4 is 28.9 Å². The molecule has 1 saturated carbocycles. The number of carbonyl (C=O) groups excluding carboxylic acids is 1. The first kappa shape index (κ1) is 18.4. The SMILES string of the molecule is CN(C(=O)CN(Cc1ccc(Cl)cc1)C1CC1)c1ccc([N+](=O)[O-])cc1. The van der Waals surface area contributed by atoms with Gasteiger partial charge in [0.25, 0.3) is 5.69 Å². The number of carbonyl (C=O) groups is 1. The summed E-state index contributed by atoms with van der Waals surface area (Å²) >= 11 is 5.93. The third-order valence-electron chi connectivity index (χ3n) is 4.52. The Morgan fingerprint density at radius 2 is 1.77 bits per heavy atom. The highest BCUT2D eigenvalue weighted by atomic mass is 35.5. The maximum atomic E-state index is 12.7. The van der Waals surface area contributed by atoms with Crippen LogP contribution in [0.5, 0.6) is 0 Å². The number of nitro benzene ring substituents is 1. The maximum Gasteiger partial charge on any atom is 0.269 e. The summed E-state index contributed by atoms with van der Waals surface area (Å²) in [5.74, 6) is -0.0419. The van der Waals surface area contributed by atoms with Gasteiger partial charge >= 0.3 is 0 Å². The molecule has 2 aromatic carbocycles. The average molecular weight is 374 g/mol. The minimum Gasteiger partial charge on any atom is -0.314 e. The van der Waals surface area contributed by atoms with Crippen molar-refractivity contribution in [1.29, 1.82) is 0 Å². The lowest BCUT2D eigenvalue weighted by molar-refractivity contribution is -0.384. The lowest BCUT2D eigenvalue weighted by atomic mass is 10.2. The van der Waals surface area contributed by atoms with Gasteiger partial charge in [-0.1, -0.05) is 23.7 Å². The summed E-state index contributed by atoms with van der Waals surface area (Å²) in [5.41, 5.74) is 1.77. The molecule has 7 heteroatoms. The van der Waals surface area contributed by atoms with Crippen LogP contribution in [0, 0.1) is 10.1 Å². The molecule has 0 N–H and O–H groups in total. The van der Waals surface area contributed by atoms with Gasteiger partial charge in [0, 0.05) is 42.5 Å². The van der Waals surface area contributed by atoms with Crippen molar-refractivity contribution in [1.82, 2.24) is 4.90 Å². The first-order valence-electron chi connectivity index (χ1n) is 8.43. The van der Waals surface area contributed by atoms with Crippen LogP contribution in [-0.2, 0) is 11.3 Å². The number of nitro groups is 1. The Kier molecular flexibility index (Phi) is 5.54. The van der Waals surface area contributed by atoms with E-state index in [-0.39, 0.29) is 11.6 Å². The largest absolute Gasteiger partial charge is 0.314 e. The molecule has 0 spiro atoms. The van der Waals surface area contributed by atoms with Crippen molar-refractivity contribution < 1.29 is 9.72 Å². The van der Waals surface area contributed by atoms with Crippen molar-refractivity contribution in [3.05, 3.63) is 69.2 Å². The van der Waals surface area contributed by atoms with E-state index in [1.54, 1.807) is 24.1 Å². The standard InChI is InChI=1S/C19H20ClN3O3/c1-21(16-6-10-18(11-7-16)23(25)26)19(24)13-22(17-8-9-17)12-14-2-4-15(20)5-3-14/h2-7,10-11,17H,8-9,12-13H2,1H3. The van der Waals surface area contributed by atoms with Gasteiger partial charge in [-0.05, 0) is 42.7 Å². The Hall–Kier alpha value is -2.44. The monoisotopic (exact) mass is 373 g/mol. The van der Waals surface area contributed by atoms with Crippen LogP contribution in [0.4, 0.5) is 11.4 Å². The number of amides is 1. The molecule has 0 saturated heterocycles. The fourth-order valence-electron chi connectivity index (χ4n) is 2.80. The third kappa shape index (κ3) is 4.59. The molecule has 0 atom stereocenters. The highest BCUT2D eigenvalue weighted by Crippen LogP contribution is 2.29. The number of anilines is 1. The molecule has 0 bridgehead atoms. The highest BCUT2D eigenvalue weighted by molar-refractivity contribution is 6.30. The van der Waals surface area contributed by atoms with Gasteiger partial charge in [-0.2, -0.15) is 0 Å². The van der Waals surface area contributed by atoms with Gasteiger partial charge in [0.1, 0.15) is 0 Å². The van der Waals surface area contributed by atoms with E-state index in [1.165, 1.54) is 12.1 Å². The summed E-state index contributed by atoms with van der Waals surface area (Å²) in [4.78, 5) is 26.7. The van der Waals surface area contributed by atoms with Gasteiger partial charge in [-0.15, -0.1) is 0 Å². The Morgan fingerprint density at radius 3 is 2.31 bits per heavy atom. The Morgan fingerprint density at radius 1 is 1.15 bits per heavy atom. The van der Waals surface area contributed by atoms with Gasteiger partial charge in [0.2, 0.25) is 5.91 Å². The molecule has 6 nitrogen and oxygen atoms in total. The quantitative estimate of drug-likeness (QED) is 0.545. The normalized spacial score (nSPS) is 13.7. The number of nitrogens with zero attached hydrogens (tertiary/aromatic N) is 3. The van der Waals surface area contributed by atoms with Gasteiger partial charge in [-0.3, -0.25) is 19.8 Å². The number of halogens is 1. The zero-order chi connectivity index (χ0) is 18.7. The number of benzene rings is 2. The van der Waals surface area contributed by atoms with E-state index in [9.17, 15) is 14.9 Å². The molecule has 0 radical (unpaired) electrons. The fraction of sp³-hybridized carbons (Fsp3) is 0.316. The molecular formula is C19H20ClN3O3. The highest BCUT2D eigenvalue weighted by Gasteiger charge is 2.31. The van der Waals surface area contributed by atoms with Crippen molar-refractivity contribution in [2.45, 2.75) is 25.4 Å². The second-order valence-electron chi connectivity index (χ2n) is 6.49. The van der Waals surface area contributed by atoms with Crippen molar-refractivity contribution in [2.24, 2.45) is 0 Å². The first-order valence-corrected chi connectivity index (χ1v) is 8.81. The molecule has 0 aromatic heterocycles. The van der Waals surface area contributed by atoms with Crippen molar-refractivity contribution in [3.63, 3.8) is 0 Å². The van der Waals surface area contributed by atoms with Gasteiger partial charge in [0.05, 0.1) is 11.5 Å². The molecule has 26 heavy (non-hydrogen) atoms. The van der Waals surface area contributed by atoms with Crippen LogP contribution in [0.25, 0.3) is 0 Å². The summed E-state index contributed by atoms with van der Waals surface area (Å²) in [6.07, 6.45) is 2.20. The smallest absolute Gasteiger partial charge is 0.269 e. The van der Waals surface area contributed by atoms with Crippen molar-refractivity contribution in [3.8, 4) is 0 Å². The number of hydrogen-bond acceptors (Lipinski definition) is 4. The van der Waals surface area contributed by atoms with Gasteiger partial charge in [0.15, 0.2) is 0 Å². The molecule has 0 heterocycles. The molecule has 1 fully saturated rings. The Balaban J connectivity index is 1.65. The van der Waals surface area contributed by atoms with Gasteiger partial charge in [-0.25, -0.2) is 0 Å². The van der Waals surface area contributed by atoms with Crippen LogP contribution in [0.2, 0.25) is 5.02 Å². The summed E-state index contributed by atoms with van der Waals surface area (Å²) in [6.45, 7) is 1.00. The summed E-state index contributed by atoms with van der Waals surface area (Å²) in [5, 5.41) is 11.4. The van der Waals surface area contributed by atoms with E-state index >= 15 is 0 Å². The minimum absolute atomic E-state index is 0.0111. The van der Waals surface area contributed by atoms with E-state index in [4.69, 9.17) is 11.6 Å². The third-order valence-corrected chi connectivity index (χ3v) is 4.77. The summed E-state index contributed by atoms with van der Waals surface area (Å²) < 4.78 is 0. The molecular weight excluding hydrogens is 354 g/mol. The maximum absolute atomic E-state index is 12.7. The van der Waals surface area contributed by atoms with Crippen LogP contribution in [0.3, 0.4) is 0 Å². The predicted molar refractivity (Wildman–Crippen MR) is 101 cm³/mol. The lowest BCUT2D eigenvalue weighted by Crippen LogP contribution is -2.39. The topological polar surface area (TPSA) is 66.7 Å². The lowest BCUT2D eigenvalue weighted by Gasteiger charge is -2.25. The Bertz CT molecular complexity index is 789. The predicted octanol–water partition coefficient (Wildman–Crippen LogP) is 3.88. The zero-order valence-electron chi connectivity index (χ0n) is 14.5. The number of likely N-dealkylation sites (N-methyl/N-ethyl adjacent to an activating group) is 1. The summed E-state index contributed by atoms with van der Waals surface area (Å²) in [7, 11) is 1.69. The van der Waals surface area contributed by atoms with E-state index < -0.39 is 4.92 Å². The molecule has 1 amide bonds. The van der Waals surface area contributed by atoms with Gasteiger partial charge < -0.3 is 4.90 Å². The second-order valence-corrected chi connectivity index (χ2v) is 6.93. The summed E-state index contributed by atoms with van der Waals surface area (Å²) in [6, 6.07) is 14.1. The van der Waals surface area contributed by atoms with E-state index in [1.807, 2.05) is 24.3 Å². The first-order chi connectivity index (χ1) is 12.4. The number of rotatable bonds is 7. The second kappa shape index (κ2) is 7.85. The van der Waals surface area contributed by atoms with Crippen molar-refractivity contribution in [2.75, 3.05) is 18.5 Å². The van der Waals surface area contributed by atoms with Crippen LogP contribution >= 0.6 is 11.6 Å². The minimum atomic E-state index is -0.452. The zero-order valence-corrected chi connectivity index (χ0v) is 15.2. The van der Waals surface area contributed by atoms with E-state index in [2.05, 4.69) is 4.90 Å². The molecule has 0 unspecified atom stereocenters. The van der Waals surface area contributed by atoms with Crippen LogP contribution in [-0.4, -0.2) is 35.4 Å². The Labute approximate surface area is 157 Å². The number of hydrogen-bond donors (Lipinski definition) is 0. The van der Waals surface area contributed by atoms with E-state index in [0.717, 1.165) is 18.4 Å². The molecule has 1 aliphatic rings. The fourth-order valence-corrected chi connectivity index (χ4v) is 2.93. The van der Waals surface area contributed by atoms with Crippen LogP contribution in [0.1, 0.15) is 18.4 Å². The number of non-ortho nitro benzene ring substituents is 1. The molecule has 1 aliphatic carbocycles. The molecule has 136 valence electrons. The molecule has 2 aromatic rings. The van der Waals surface area contributed by atoms with Crippen LogP contribution < -0.4 is 4.90 Å². The van der Waals surface area contributed by atoms with E-state index in [0.29, 0.717) is 29.8 Å². The molecule has 3 rings (SSSR count). The van der Waals surface area contributed by atoms with Crippen LogP contribution in [0.15, 0.2) is 48.5 Å².